The lowest BCUT2D eigenvalue weighted by Crippen LogP contribution is -1.54. The third-order valence-corrected chi connectivity index (χ3v) is 0.493. The normalized spacial score (nSPS) is 9.88. The fourth-order valence-corrected chi connectivity index (χ4v) is 0.221. The van der Waals surface area contributed by atoms with E-state index in [0.29, 0.717) is 6.29 Å². The molecule has 0 atom stereocenters. The molecule has 0 rings (SSSR count). The predicted molar refractivity (Wildman–Crippen MR) is 33.2 cm³/mol. The molecule has 0 bridgehead atoms. The van der Waals surface area contributed by atoms with E-state index in [1.807, 2.05) is 0 Å². The fraction of sp³-hybridized carbons (Fsp3) is 0. The Balaban J connectivity index is 3.46. The molecule has 1 heteroatoms. The maximum atomic E-state index is 9.60. The molecule has 0 unspecified atom stereocenters. The van der Waals surface area contributed by atoms with Gasteiger partial charge in [0.05, 0.1) is 0 Å². The Hall–Kier alpha value is -1.29. The van der Waals surface area contributed by atoms with Crippen LogP contribution in [0.15, 0.2) is 24.3 Å². The zero-order chi connectivity index (χ0) is 6.24. The van der Waals surface area contributed by atoms with Crippen LogP contribution < -0.4 is 0 Å². The van der Waals surface area contributed by atoms with Crippen LogP contribution in [0.5, 0.6) is 0 Å². The molecule has 0 heterocycles. The van der Waals surface area contributed by atoms with Gasteiger partial charge in [0.25, 0.3) is 0 Å². The van der Waals surface area contributed by atoms with E-state index >= 15 is 0 Å². The van der Waals surface area contributed by atoms with Crippen LogP contribution in [0, 0.1) is 12.3 Å². The summed E-state index contributed by atoms with van der Waals surface area (Å²) in [6.07, 6.45) is 11.6. The summed E-state index contributed by atoms with van der Waals surface area (Å²) in [7, 11) is 0. The van der Waals surface area contributed by atoms with Crippen molar-refractivity contribution in [2.75, 3.05) is 0 Å². The number of allylic oxidation sites excluding steroid dienone is 4. The van der Waals surface area contributed by atoms with Crippen LogP contribution in [0.2, 0.25) is 0 Å². The van der Waals surface area contributed by atoms with E-state index in [2.05, 4.69) is 5.92 Å². The lowest BCUT2D eigenvalue weighted by atomic mass is 10.4. The predicted octanol–water partition coefficient (Wildman–Crippen LogP) is 0.931. The Labute approximate surface area is 48.7 Å². The summed E-state index contributed by atoms with van der Waals surface area (Å²) >= 11 is 0. The van der Waals surface area contributed by atoms with Crippen LogP contribution in [-0.2, 0) is 4.79 Å². The average molecular weight is 106 g/mol. The summed E-state index contributed by atoms with van der Waals surface area (Å²) in [5.41, 5.74) is 0. The van der Waals surface area contributed by atoms with E-state index in [0.717, 1.165) is 0 Å². The summed E-state index contributed by atoms with van der Waals surface area (Å²) in [5, 5.41) is 0. The van der Waals surface area contributed by atoms with Crippen molar-refractivity contribution in [3.63, 3.8) is 0 Å². The highest BCUT2D eigenvalue weighted by atomic mass is 16.1. The van der Waals surface area contributed by atoms with E-state index in [9.17, 15) is 4.79 Å². The van der Waals surface area contributed by atoms with Gasteiger partial charge in [-0.05, 0) is 12.2 Å². The Morgan fingerprint density at radius 1 is 1.25 bits per heavy atom. The van der Waals surface area contributed by atoms with Crippen LogP contribution in [0.3, 0.4) is 0 Å². The standard InChI is InChI=1S/C7H6O/c1-2-3-4-5-6-7-8/h1,3-7H. The zero-order valence-electron chi connectivity index (χ0n) is 4.37. The monoisotopic (exact) mass is 106 g/mol. The second-order valence-corrected chi connectivity index (χ2v) is 1.05. The van der Waals surface area contributed by atoms with Crippen LogP contribution in [-0.4, -0.2) is 6.29 Å². The van der Waals surface area contributed by atoms with E-state index < -0.39 is 0 Å². The van der Waals surface area contributed by atoms with Crippen molar-refractivity contribution >= 4 is 6.29 Å². The largest absolute Gasteiger partial charge is 0.299 e. The van der Waals surface area contributed by atoms with Gasteiger partial charge in [-0.1, -0.05) is 18.1 Å². The van der Waals surface area contributed by atoms with Crippen molar-refractivity contribution < 1.29 is 4.79 Å². The molecule has 0 spiro atoms. The van der Waals surface area contributed by atoms with Crippen molar-refractivity contribution in [2.45, 2.75) is 0 Å². The van der Waals surface area contributed by atoms with E-state index in [4.69, 9.17) is 6.42 Å². The van der Waals surface area contributed by atoms with Crippen molar-refractivity contribution in [1.82, 2.24) is 0 Å². The highest BCUT2D eigenvalue weighted by Gasteiger charge is 1.57. The van der Waals surface area contributed by atoms with Crippen LogP contribution in [0.1, 0.15) is 0 Å². The van der Waals surface area contributed by atoms with Gasteiger partial charge in [-0.15, -0.1) is 6.42 Å². The van der Waals surface area contributed by atoms with Crippen LogP contribution in [0.25, 0.3) is 0 Å². The maximum absolute atomic E-state index is 9.60. The zero-order valence-corrected chi connectivity index (χ0v) is 4.37. The number of aldehydes is 1. The molecular formula is C7H6O. The number of hydrogen-bond donors (Lipinski definition) is 0. The summed E-state index contributed by atoms with van der Waals surface area (Å²) in [6, 6.07) is 0. The fourth-order valence-electron chi connectivity index (χ4n) is 0.221. The minimum Gasteiger partial charge on any atom is -0.299 e. The van der Waals surface area contributed by atoms with Crippen LogP contribution >= 0.6 is 0 Å². The maximum Gasteiger partial charge on any atom is 0.142 e. The molecule has 0 radical (unpaired) electrons. The first kappa shape index (κ1) is 6.71. The summed E-state index contributed by atoms with van der Waals surface area (Å²) in [4.78, 5) is 9.60. The molecule has 1 nitrogen and oxygen atoms in total. The Kier molecular flexibility index (Phi) is 4.79. The quantitative estimate of drug-likeness (QED) is 0.221. The van der Waals surface area contributed by atoms with Gasteiger partial charge in [0.1, 0.15) is 6.29 Å². The highest BCUT2D eigenvalue weighted by Crippen LogP contribution is 1.70. The lowest BCUT2D eigenvalue weighted by molar-refractivity contribution is -0.104. The van der Waals surface area contributed by atoms with Crippen LogP contribution in [0.4, 0.5) is 0 Å². The van der Waals surface area contributed by atoms with Crippen molar-refractivity contribution in [3.8, 4) is 12.3 Å². The van der Waals surface area contributed by atoms with E-state index in [1.165, 1.54) is 12.2 Å². The smallest absolute Gasteiger partial charge is 0.142 e. The SMILES string of the molecule is C#CC=CC=CC=O. The third kappa shape index (κ3) is 4.71. The molecule has 0 aromatic heterocycles. The molecule has 0 fully saturated rings. The molecule has 0 amide bonds. The van der Waals surface area contributed by atoms with E-state index in [-0.39, 0.29) is 0 Å². The van der Waals surface area contributed by atoms with E-state index in [1.54, 1.807) is 12.2 Å². The topological polar surface area (TPSA) is 17.1 Å². The number of carbonyl (C=O) groups is 1. The molecule has 0 N–H and O–H groups in total. The summed E-state index contributed by atoms with van der Waals surface area (Å²) in [6.45, 7) is 0. The minimum atomic E-state index is 0.695. The Morgan fingerprint density at radius 3 is 2.50 bits per heavy atom. The third-order valence-electron chi connectivity index (χ3n) is 0.493. The van der Waals surface area contributed by atoms with Gasteiger partial charge in [0.15, 0.2) is 0 Å². The lowest BCUT2D eigenvalue weighted by Gasteiger charge is -1.63. The van der Waals surface area contributed by atoms with Crippen molar-refractivity contribution in [1.29, 1.82) is 0 Å². The van der Waals surface area contributed by atoms with Gasteiger partial charge in [-0.2, -0.15) is 0 Å². The average Bonchev–Trinajstić information content (AvgIpc) is 1.81. The summed E-state index contributed by atoms with van der Waals surface area (Å²) in [5.74, 6) is 2.28. The minimum absolute atomic E-state index is 0.695. The molecular weight excluding hydrogens is 100 g/mol. The molecule has 0 aliphatic carbocycles. The number of hydrogen-bond acceptors (Lipinski definition) is 1. The van der Waals surface area contributed by atoms with Crippen molar-refractivity contribution in [2.24, 2.45) is 0 Å². The Morgan fingerprint density at radius 2 is 2.00 bits per heavy atom. The number of terminal acetylenes is 1. The molecule has 0 aliphatic heterocycles. The second-order valence-electron chi connectivity index (χ2n) is 1.05. The Bertz CT molecular complexity index is 146. The highest BCUT2D eigenvalue weighted by molar-refractivity contribution is 5.65. The molecule has 40 valence electrons. The van der Waals surface area contributed by atoms with Crippen molar-refractivity contribution in [3.05, 3.63) is 24.3 Å². The van der Waals surface area contributed by atoms with Gasteiger partial charge in [-0.25, -0.2) is 0 Å². The first-order chi connectivity index (χ1) is 3.91. The second kappa shape index (κ2) is 5.71. The number of carbonyl (C=O) groups excluding carboxylic acids is 1. The van der Waals surface area contributed by atoms with Gasteiger partial charge in [0, 0.05) is 0 Å². The molecule has 0 aromatic rings. The van der Waals surface area contributed by atoms with Gasteiger partial charge in [-0.3, -0.25) is 4.79 Å². The number of rotatable bonds is 2. The molecule has 8 heavy (non-hydrogen) atoms. The molecule has 0 aromatic carbocycles. The first-order valence-corrected chi connectivity index (χ1v) is 2.15. The summed E-state index contributed by atoms with van der Waals surface area (Å²) < 4.78 is 0. The molecule has 0 saturated carbocycles. The van der Waals surface area contributed by atoms with Gasteiger partial charge in [0.2, 0.25) is 0 Å². The molecule has 0 aliphatic rings. The van der Waals surface area contributed by atoms with Gasteiger partial charge >= 0.3 is 0 Å². The first-order valence-electron chi connectivity index (χ1n) is 2.15. The molecule has 0 saturated heterocycles. The van der Waals surface area contributed by atoms with Gasteiger partial charge < -0.3 is 0 Å².